The molecule has 15 heteroatoms. The van der Waals surface area contributed by atoms with Crippen LogP contribution in [0.4, 0.5) is 30.5 Å². The summed E-state index contributed by atoms with van der Waals surface area (Å²) in [6, 6.07) is 13.7. The van der Waals surface area contributed by atoms with E-state index in [2.05, 4.69) is 30.6 Å². The average molecular weight is 640 g/mol. The molecule has 3 heterocycles. The molecule has 45 heavy (non-hydrogen) atoms. The van der Waals surface area contributed by atoms with Crippen molar-refractivity contribution in [2.75, 3.05) is 16.4 Å². The summed E-state index contributed by atoms with van der Waals surface area (Å²) in [4.78, 5) is 30.1. The number of carbonyl (C=O) groups is 1. The van der Waals surface area contributed by atoms with Gasteiger partial charge in [0.05, 0.1) is 29.0 Å². The number of aromatic nitrogens is 5. The van der Waals surface area contributed by atoms with Crippen LogP contribution >= 0.6 is 0 Å². The number of alkyl halides is 3. The van der Waals surface area contributed by atoms with Gasteiger partial charge in [-0.15, -0.1) is 0 Å². The largest absolute Gasteiger partial charge is 0.416 e. The summed E-state index contributed by atoms with van der Waals surface area (Å²) < 4.78 is 69.2. The van der Waals surface area contributed by atoms with E-state index >= 15 is 0 Å². The minimum absolute atomic E-state index is 0.00114. The quantitative estimate of drug-likeness (QED) is 0.176. The maximum Gasteiger partial charge on any atom is 0.416 e. The zero-order valence-electron chi connectivity index (χ0n) is 24.2. The standard InChI is InChI=1S/C28H22F3N7O.C2H6O3S/c1-17-5-6-19(10-25(17)37-27-33-9-7-24(36-27)20-4-3-8-32-14-20)26(39)35-22-11-21(28(29,30)31)12-23(13-22)38-15-18(2)34-16-38;1-2-6(3,4)5/h3-16H,1-2H3,(H,35,39)(H,33,36,37);2H2,1H3,(H,3,4,5). The topological polar surface area (TPSA) is 152 Å². The molecular formula is C30H28F3N7O4S. The Morgan fingerprint density at radius 3 is 2.40 bits per heavy atom. The number of benzene rings is 2. The van der Waals surface area contributed by atoms with E-state index in [0.29, 0.717) is 23.0 Å². The molecule has 2 aromatic carbocycles. The van der Waals surface area contributed by atoms with Gasteiger partial charge in [0, 0.05) is 53.0 Å². The molecule has 234 valence electrons. The summed E-state index contributed by atoms with van der Waals surface area (Å²) >= 11 is 0. The first-order chi connectivity index (χ1) is 21.2. The highest BCUT2D eigenvalue weighted by Gasteiger charge is 2.31. The van der Waals surface area contributed by atoms with Crippen LogP contribution in [0.25, 0.3) is 16.9 Å². The van der Waals surface area contributed by atoms with Gasteiger partial charge in [0.15, 0.2) is 0 Å². The van der Waals surface area contributed by atoms with Gasteiger partial charge in [-0.3, -0.25) is 14.3 Å². The third-order valence-electron chi connectivity index (χ3n) is 6.24. The van der Waals surface area contributed by atoms with Crippen molar-refractivity contribution >= 4 is 33.3 Å². The van der Waals surface area contributed by atoms with Crippen LogP contribution in [0.5, 0.6) is 0 Å². The molecule has 0 bridgehead atoms. The number of imidazole rings is 1. The molecule has 1 amide bonds. The van der Waals surface area contributed by atoms with Crippen LogP contribution in [0.1, 0.15) is 34.1 Å². The number of hydrogen-bond donors (Lipinski definition) is 3. The maximum atomic E-state index is 13.6. The molecule has 0 atom stereocenters. The molecule has 5 aromatic rings. The van der Waals surface area contributed by atoms with E-state index in [1.165, 1.54) is 23.9 Å². The number of nitrogens with one attached hydrogen (secondary N) is 2. The lowest BCUT2D eigenvalue weighted by molar-refractivity contribution is -0.137. The van der Waals surface area contributed by atoms with Crippen molar-refractivity contribution in [3.63, 3.8) is 0 Å². The molecule has 3 aromatic heterocycles. The van der Waals surface area contributed by atoms with Gasteiger partial charge in [0.1, 0.15) is 0 Å². The summed E-state index contributed by atoms with van der Waals surface area (Å²) in [5.74, 6) is -0.460. The van der Waals surface area contributed by atoms with Gasteiger partial charge in [0.25, 0.3) is 16.0 Å². The van der Waals surface area contributed by atoms with Crippen molar-refractivity contribution < 1.29 is 30.9 Å². The lowest BCUT2D eigenvalue weighted by atomic mass is 10.1. The minimum atomic E-state index is -4.60. The predicted octanol–water partition coefficient (Wildman–Crippen LogP) is 6.25. The Bertz CT molecular complexity index is 1910. The number of rotatable bonds is 7. The monoisotopic (exact) mass is 639 g/mol. The molecule has 3 N–H and O–H groups in total. The Labute approximate surface area is 257 Å². The van der Waals surface area contributed by atoms with Crippen LogP contribution in [0.2, 0.25) is 0 Å². The van der Waals surface area contributed by atoms with Crippen LogP contribution in [0.3, 0.4) is 0 Å². The second-order valence-corrected chi connectivity index (χ2v) is 11.4. The number of nitrogens with zero attached hydrogens (tertiary/aromatic N) is 5. The van der Waals surface area contributed by atoms with Gasteiger partial charge in [-0.1, -0.05) is 6.07 Å². The van der Waals surface area contributed by atoms with Crippen LogP contribution < -0.4 is 10.6 Å². The van der Waals surface area contributed by atoms with Gasteiger partial charge < -0.3 is 15.2 Å². The first kappa shape index (κ1) is 32.8. The molecule has 0 unspecified atom stereocenters. The maximum absolute atomic E-state index is 13.6. The first-order valence-corrected chi connectivity index (χ1v) is 14.9. The Hall–Kier alpha value is -5.15. The van der Waals surface area contributed by atoms with Crippen LogP contribution in [-0.4, -0.2) is 49.1 Å². The molecule has 0 aliphatic rings. The highest BCUT2D eigenvalue weighted by Crippen LogP contribution is 2.33. The normalized spacial score (nSPS) is 11.4. The molecule has 0 spiro atoms. The van der Waals surface area contributed by atoms with E-state index in [0.717, 1.165) is 23.3 Å². The van der Waals surface area contributed by atoms with Crippen molar-refractivity contribution in [2.24, 2.45) is 0 Å². The number of amides is 1. The fraction of sp³-hybridized carbons (Fsp3) is 0.167. The van der Waals surface area contributed by atoms with Gasteiger partial charge in [-0.2, -0.15) is 21.6 Å². The Kier molecular flexibility index (Phi) is 9.94. The molecule has 0 aliphatic heterocycles. The van der Waals surface area contributed by atoms with Crippen LogP contribution in [0, 0.1) is 13.8 Å². The number of halogens is 3. The first-order valence-electron chi connectivity index (χ1n) is 13.3. The van der Waals surface area contributed by atoms with Crippen molar-refractivity contribution in [2.45, 2.75) is 26.9 Å². The molecule has 0 saturated heterocycles. The van der Waals surface area contributed by atoms with Crippen molar-refractivity contribution in [1.29, 1.82) is 0 Å². The van der Waals surface area contributed by atoms with Crippen LogP contribution in [0.15, 0.2) is 85.7 Å². The fourth-order valence-electron chi connectivity index (χ4n) is 3.87. The second-order valence-electron chi connectivity index (χ2n) is 9.68. The van der Waals surface area contributed by atoms with Crippen LogP contribution in [-0.2, 0) is 16.3 Å². The van der Waals surface area contributed by atoms with E-state index in [4.69, 9.17) is 4.55 Å². The third kappa shape index (κ3) is 9.17. The highest BCUT2D eigenvalue weighted by molar-refractivity contribution is 7.85. The van der Waals surface area contributed by atoms with Gasteiger partial charge >= 0.3 is 6.18 Å². The average Bonchev–Trinajstić information content (AvgIpc) is 3.44. The summed E-state index contributed by atoms with van der Waals surface area (Å²) in [5.41, 5.74) is 3.09. The smallest absolute Gasteiger partial charge is 0.324 e. The molecule has 0 aliphatic carbocycles. The van der Waals surface area contributed by atoms with Gasteiger partial charge in [-0.25, -0.2) is 15.0 Å². The predicted molar refractivity (Wildman–Crippen MR) is 163 cm³/mol. The summed E-state index contributed by atoms with van der Waals surface area (Å²) in [6.07, 6.45) is 3.38. The summed E-state index contributed by atoms with van der Waals surface area (Å²) in [5, 5.41) is 5.71. The number of carbonyl (C=O) groups excluding carboxylic acids is 1. The van der Waals surface area contributed by atoms with E-state index in [9.17, 15) is 26.4 Å². The highest BCUT2D eigenvalue weighted by atomic mass is 32.2. The van der Waals surface area contributed by atoms with E-state index in [1.54, 1.807) is 62.0 Å². The molecule has 11 nitrogen and oxygen atoms in total. The number of aryl methyl sites for hydroxylation is 2. The lowest BCUT2D eigenvalue weighted by Gasteiger charge is -2.14. The van der Waals surface area contributed by atoms with E-state index in [-0.39, 0.29) is 22.7 Å². The second kappa shape index (κ2) is 13.7. The fourth-order valence-corrected chi connectivity index (χ4v) is 3.87. The van der Waals surface area contributed by atoms with E-state index < -0.39 is 27.8 Å². The number of pyridine rings is 1. The molecule has 5 rings (SSSR count). The van der Waals surface area contributed by atoms with Gasteiger partial charge in [-0.05, 0) is 74.9 Å². The summed E-state index contributed by atoms with van der Waals surface area (Å²) in [7, 11) is -3.66. The van der Waals surface area contributed by atoms with Crippen molar-refractivity contribution in [1.82, 2.24) is 24.5 Å². The molecule has 0 fully saturated rings. The zero-order valence-corrected chi connectivity index (χ0v) is 25.1. The number of anilines is 3. The third-order valence-corrected chi connectivity index (χ3v) is 6.97. The van der Waals surface area contributed by atoms with Crippen molar-refractivity contribution in [3.05, 3.63) is 108 Å². The zero-order chi connectivity index (χ0) is 32.8. The molecule has 0 saturated carbocycles. The van der Waals surface area contributed by atoms with Crippen molar-refractivity contribution in [3.8, 4) is 16.9 Å². The summed E-state index contributed by atoms with van der Waals surface area (Å²) in [6.45, 7) is 4.95. The Balaban J connectivity index is 0.000000700. The Morgan fingerprint density at radius 1 is 1.02 bits per heavy atom. The molecule has 0 radical (unpaired) electrons. The number of hydrogen-bond acceptors (Lipinski definition) is 8. The van der Waals surface area contributed by atoms with E-state index in [1.807, 2.05) is 13.0 Å². The lowest BCUT2D eigenvalue weighted by Crippen LogP contribution is -2.14. The molecular weight excluding hydrogens is 611 g/mol. The van der Waals surface area contributed by atoms with Gasteiger partial charge in [0.2, 0.25) is 5.95 Å². The minimum Gasteiger partial charge on any atom is -0.324 e. The Morgan fingerprint density at radius 2 is 1.78 bits per heavy atom. The SMILES string of the molecule is CCS(=O)(=O)O.Cc1cn(-c2cc(NC(=O)c3ccc(C)c(Nc4nccc(-c5cccnc5)n4)c3)cc(C(F)(F)F)c2)cn1.